The number of nitrogens with zero attached hydrogens (tertiary/aromatic N) is 1. The molecule has 14 heavy (non-hydrogen) atoms. The molecule has 1 aliphatic carbocycles. The predicted octanol–water partition coefficient (Wildman–Crippen LogP) is 1.52. The number of hydrogen-bond acceptors (Lipinski definition) is 2. The zero-order chi connectivity index (χ0) is 10.4. The van der Waals surface area contributed by atoms with Gasteiger partial charge in [0.25, 0.3) is 0 Å². The van der Waals surface area contributed by atoms with Crippen molar-refractivity contribution in [2.75, 3.05) is 12.8 Å². The molecule has 1 saturated heterocycles. The van der Waals surface area contributed by atoms with Gasteiger partial charge in [-0.05, 0) is 32.1 Å². The fourth-order valence-electron chi connectivity index (χ4n) is 2.91. The summed E-state index contributed by atoms with van der Waals surface area (Å²) in [7, 11) is -3.03. The first-order chi connectivity index (χ1) is 6.44. The minimum absolute atomic E-state index is 0.0926. The largest absolute Gasteiger partial charge is 0.212 e. The van der Waals surface area contributed by atoms with Gasteiger partial charge in [0.15, 0.2) is 0 Å². The fourth-order valence-corrected chi connectivity index (χ4v) is 4.32. The van der Waals surface area contributed by atoms with Crippen molar-refractivity contribution in [3.63, 3.8) is 0 Å². The molecule has 4 heteroatoms. The average Bonchev–Trinajstić information content (AvgIpc) is 2.59. The van der Waals surface area contributed by atoms with E-state index in [4.69, 9.17) is 0 Å². The molecule has 1 unspecified atom stereocenters. The second kappa shape index (κ2) is 3.07. The van der Waals surface area contributed by atoms with Crippen molar-refractivity contribution in [1.29, 1.82) is 0 Å². The van der Waals surface area contributed by atoms with E-state index in [1.807, 2.05) is 0 Å². The second-order valence-corrected chi connectivity index (χ2v) is 6.50. The maximum atomic E-state index is 11.6. The zero-order valence-corrected chi connectivity index (χ0v) is 9.44. The van der Waals surface area contributed by atoms with Crippen molar-refractivity contribution in [2.45, 2.75) is 37.6 Å². The summed E-state index contributed by atoms with van der Waals surface area (Å²) < 4.78 is 24.9. The topological polar surface area (TPSA) is 37.4 Å². The minimum atomic E-state index is -3.03. The Labute approximate surface area is 85.8 Å². The highest BCUT2D eigenvalue weighted by Crippen LogP contribution is 2.45. The molecule has 3 nitrogen and oxygen atoms in total. The third kappa shape index (κ3) is 1.50. The third-order valence-corrected chi connectivity index (χ3v) is 4.83. The molecule has 2 rings (SSSR count). The Kier molecular flexibility index (Phi) is 2.23. The highest BCUT2D eigenvalue weighted by atomic mass is 32.2. The van der Waals surface area contributed by atoms with E-state index in [9.17, 15) is 8.42 Å². The van der Waals surface area contributed by atoms with E-state index < -0.39 is 10.0 Å². The van der Waals surface area contributed by atoms with Crippen LogP contribution in [0.5, 0.6) is 0 Å². The first-order valence-electron chi connectivity index (χ1n) is 5.09. The molecule has 1 spiro atoms. The normalized spacial score (nSPS) is 34.5. The van der Waals surface area contributed by atoms with Crippen LogP contribution in [0.2, 0.25) is 0 Å². The maximum absolute atomic E-state index is 11.6. The molecule has 0 N–H and O–H groups in total. The van der Waals surface area contributed by atoms with E-state index in [0.717, 1.165) is 32.1 Å². The molecule has 0 amide bonds. The first kappa shape index (κ1) is 10.2. The van der Waals surface area contributed by atoms with Gasteiger partial charge in [-0.1, -0.05) is 12.2 Å². The van der Waals surface area contributed by atoms with Gasteiger partial charge in [-0.3, -0.25) is 0 Å². The molecular formula is C10H17NO2S. The van der Waals surface area contributed by atoms with Crippen LogP contribution >= 0.6 is 0 Å². The van der Waals surface area contributed by atoms with Gasteiger partial charge in [0.2, 0.25) is 10.0 Å². The summed E-state index contributed by atoms with van der Waals surface area (Å²) in [5.74, 6) is 0. The Bertz CT molecular complexity index is 360. The predicted molar refractivity (Wildman–Crippen MR) is 56.5 cm³/mol. The minimum Gasteiger partial charge on any atom is -0.212 e. The van der Waals surface area contributed by atoms with Crippen LogP contribution in [0, 0.1) is 0 Å². The summed E-state index contributed by atoms with van der Waals surface area (Å²) >= 11 is 0. The van der Waals surface area contributed by atoms with Crippen LogP contribution < -0.4 is 0 Å². The van der Waals surface area contributed by atoms with Crippen molar-refractivity contribution in [1.82, 2.24) is 4.31 Å². The van der Waals surface area contributed by atoms with E-state index in [0.29, 0.717) is 6.54 Å². The Morgan fingerprint density at radius 3 is 2.64 bits per heavy atom. The Balaban J connectivity index is 2.31. The smallest absolute Gasteiger partial charge is 0.211 e. The van der Waals surface area contributed by atoms with Crippen LogP contribution in [0.4, 0.5) is 0 Å². The van der Waals surface area contributed by atoms with E-state index in [1.54, 1.807) is 4.31 Å². The monoisotopic (exact) mass is 215 g/mol. The van der Waals surface area contributed by atoms with Crippen molar-refractivity contribution in [3.05, 3.63) is 12.2 Å². The molecule has 1 atom stereocenters. The molecular weight excluding hydrogens is 198 g/mol. The highest BCUT2D eigenvalue weighted by molar-refractivity contribution is 7.88. The van der Waals surface area contributed by atoms with Gasteiger partial charge in [-0.15, -0.1) is 0 Å². The van der Waals surface area contributed by atoms with Crippen LogP contribution in [0.1, 0.15) is 32.1 Å². The summed E-state index contributed by atoms with van der Waals surface area (Å²) in [5, 5.41) is 0. The van der Waals surface area contributed by atoms with Crippen LogP contribution in [0.25, 0.3) is 0 Å². The number of hydrogen-bond donors (Lipinski definition) is 0. The molecule has 0 bridgehead atoms. The second-order valence-electron chi connectivity index (χ2n) is 4.59. The van der Waals surface area contributed by atoms with Gasteiger partial charge in [0, 0.05) is 12.1 Å². The van der Waals surface area contributed by atoms with Crippen LogP contribution in [-0.4, -0.2) is 31.1 Å². The molecule has 80 valence electrons. The highest BCUT2D eigenvalue weighted by Gasteiger charge is 2.48. The standard InChI is InChI=1S/C10H17NO2S/c1-9-4-6-10(8-9)5-3-7-11(10)14(2,12)13/h1,3-8H2,2H3. The van der Waals surface area contributed by atoms with E-state index >= 15 is 0 Å². The molecule has 2 fully saturated rings. The molecule has 1 saturated carbocycles. The van der Waals surface area contributed by atoms with Gasteiger partial charge in [0.1, 0.15) is 0 Å². The van der Waals surface area contributed by atoms with Gasteiger partial charge in [-0.25, -0.2) is 8.42 Å². The lowest BCUT2D eigenvalue weighted by molar-refractivity contribution is 0.252. The van der Waals surface area contributed by atoms with Gasteiger partial charge < -0.3 is 0 Å². The summed E-state index contributed by atoms with van der Waals surface area (Å²) in [6.45, 7) is 4.67. The van der Waals surface area contributed by atoms with Crippen molar-refractivity contribution >= 4 is 10.0 Å². The summed E-state index contributed by atoms with van der Waals surface area (Å²) in [5.41, 5.74) is 1.12. The average molecular weight is 215 g/mol. The molecule has 0 aromatic rings. The summed E-state index contributed by atoms with van der Waals surface area (Å²) in [6.07, 6.45) is 6.17. The first-order valence-corrected chi connectivity index (χ1v) is 6.93. The lowest BCUT2D eigenvalue weighted by Crippen LogP contribution is -2.44. The molecule has 0 aromatic carbocycles. The van der Waals surface area contributed by atoms with Crippen LogP contribution in [0.15, 0.2) is 12.2 Å². The lowest BCUT2D eigenvalue weighted by Gasteiger charge is -2.32. The Hall–Kier alpha value is -0.350. The Morgan fingerprint density at radius 2 is 2.14 bits per heavy atom. The molecule has 0 radical (unpaired) electrons. The number of sulfonamides is 1. The van der Waals surface area contributed by atoms with Gasteiger partial charge in [-0.2, -0.15) is 4.31 Å². The quantitative estimate of drug-likeness (QED) is 0.622. The van der Waals surface area contributed by atoms with Gasteiger partial charge >= 0.3 is 0 Å². The molecule has 2 aliphatic rings. The zero-order valence-electron chi connectivity index (χ0n) is 8.62. The van der Waals surface area contributed by atoms with Crippen LogP contribution in [-0.2, 0) is 10.0 Å². The van der Waals surface area contributed by atoms with Crippen molar-refractivity contribution in [2.24, 2.45) is 0 Å². The fraction of sp³-hybridized carbons (Fsp3) is 0.800. The SMILES string of the molecule is C=C1CCC2(CCCN2S(C)(=O)=O)C1. The number of rotatable bonds is 1. The maximum Gasteiger partial charge on any atom is 0.211 e. The third-order valence-electron chi connectivity index (χ3n) is 3.46. The summed E-state index contributed by atoms with van der Waals surface area (Å²) in [4.78, 5) is 0. The van der Waals surface area contributed by atoms with E-state index in [1.165, 1.54) is 11.8 Å². The van der Waals surface area contributed by atoms with E-state index in [-0.39, 0.29) is 5.54 Å². The molecule has 0 aromatic heterocycles. The summed E-state index contributed by atoms with van der Waals surface area (Å²) in [6, 6.07) is 0. The van der Waals surface area contributed by atoms with Crippen molar-refractivity contribution < 1.29 is 8.42 Å². The molecule has 1 aliphatic heterocycles. The van der Waals surface area contributed by atoms with Crippen molar-refractivity contribution in [3.8, 4) is 0 Å². The van der Waals surface area contributed by atoms with Gasteiger partial charge in [0.05, 0.1) is 6.26 Å². The molecule has 1 heterocycles. The van der Waals surface area contributed by atoms with E-state index in [2.05, 4.69) is 6.58 Å². The lowest BCUT2D eigenvalue weighted by atomic mass is 9.96. The Morgan fingerprint density at radius 1 is 1.43 bits per heavy atom. The van der Waals surface area contributed by atoms with Crippen LogP contribution in [0.3, 0.4) is 0 Å².